The van der Waals surface area contributed by atoms with E-state index in [0.29, 0.717) is 11.1 Å². The normalized spacial score (nSPS) is 12.3. The number of hydrogen-bond acceptors (Lipinski definition) is 4. The number of benzene rings is 3. The van der Waals surface area contributed by atoms with E-state index in [9.17, 15) is 20.1 Å². The van der Waals surface area contributed by atoms with Gasteiger partial charge in [0.25, 0.3) is 0 Å². The highest BCUT2D eigenvalue weighted by Crippen LogP contribution is 2.27. The number of aryl methyl sites for hydroxylation is 2. The Morgan fingerprint density at radius 3 is 1.27 bits per heavy atom. The molecule has 0 heterocycles. The van der Waals surface area contributed by atoms with Crippen LogP contribution in [0.4, 0.5) is 0 Å². The highest BCUT2D eigenvalue weighted by atomic mass is 16.1. The van der Waals surface area contributed by atoms with Crippen LogP contribution in [-0.2, 0) is 0 Å². The molecule has 146 valence electrons. The van der Waals surface area contributed by atoms with Gasteiger partial charge in [-0.15, -0.1) is 0 Å². The van der Waals surface area contributed by atoms with Crippen LogP contribution in [0.5, 0.6) is 0 Å². The van der Waals surface area contributed by atoms with Gasteiger partial charge in [-0.25, -0.2) is 0 Å². The van der Waals surface area contributed by atoms with Gasteiger partial charge in [0.05, 0.1) is 12.1 Å². The van der Waals surface area contributed by atoms with Crippen LogP contribution in [-0.4, -0.2) is 11.6 Å². The van der Waals surface area contributed by atoms with E-state index in [2.05, 4.69) is 12.1 Å². The standard InChI is InChI=1S/C26H20N2O2/c1-17-7-11-19(12-8-17)23(15-27)25(29)21-5-3-4-6-22(21)26(30)24(16-28)20-13-9-18(2)10-14-20/h3-14,23-24H,1-2H3. The molecule has 2 atom stereocenters. The van der Waals surface area contributed by atoms with Crippen molar-refractivity contribution in [2.24, 2.45) is 0 Å². The van der Waals surface area contributed by atoms with Crippen molar-refractivity contribution in [1.29, 1.82) is 10.5 Å². The molecule has 3 rings (SSSR count). The average Bonchev–Trinajstić information content (AvgIpc) is 2.77. The molecule has 0 aliphatic heterocycles. The molecule has 2 unspecified atom stereocenters. The minimum Gasteiger partial charge on any atom is -0.292 e. The zero-order valence-electron chi connectivity index (χ0n) is 16.8. The van der Waals surface area contributed by atoms with Crippen molar-refractivity contribution in [2.75, 3.05) is 0 Å². The Morgan fingerprint density at radius 2 is 0.967 bits per heavy atom. The van der Waals surface area contributed by atoms with E-state index in [4.69, 9.17) is 0 Å². The highest BCUT2D eigenvalue weighted by molar-refractivity contribution is 6.14. The lowest BCUT2D eigenvalue weighted by Crippen LogP contribution is -2.19. The van der Waals surface area contributed by atoms with Crippen LogP contribution in [0.15, 0.2) is 72.8 Å². The van der Waals surface area contributed by atoms with Crippen molar-refractivity contribution >= 4 is 11.6 Å². The summed E-state index contributed by atoms with van der Waals surface area (Å²) in [7, 11) is 0. The summed E-state index contributed by atoms with van der Waals surface area (Å²) in [5.74, 6) is -2.96. The zero-order chi connectivity index (χ0) is 21.7. The van der Waals surface area contributed by atoms with Crippen molar-refractivity contribution in [1.82, 2.24) is 0 Å². The quantitative estimate of drug-likeness (QED) is 0.534. The molecule has 0 N–H and O–H groups in total. The van der Waals surface area contributed by atoms with E-state index in [-0.39, 0.29) is 11.1 Å². The van der Waals surface area contributed by atoms with Gasteiger partial charge < -0.3 is 0 Å². The first-order valence-corrected chi connectivity index (χ1v) is 9.56. The summed E-state index contributed by atoms with van der Waals surface area (Å²) >= 11 is 0. The predicted octanol–water partition coefficient (Wildman–Crippen LogP) is 5.28. The van der Waals surface area contributed by atoms with Crippen LogP contribution in [0.1, 0.15) is 54.8 Å². The second-order valence-corrected chi connectivity index (χ2v) is 7.22. The van der Waals surface area contributed by atoms with Crippen LogP contribution < -0.4 is 0 Å². The molecule has 0 aromatic heterocycles. The molecule has 0 saturated carbocycles. The topological polar surface area (TPSA) is 81.7 Å². The summed E-state index contributed by atoms with van der Waals surface area (Å²) in [5, 5.41) is 19.3. The Kier molecular flexibility index (Phi) is 6.20. The lowest BCUT2D eigenvalue weighted by molar-refractivity contribution is 0.0945. The number of rotatable bonds is 6. The van der Waals surface area contributed by atoms with E-state index in [1.54, 1.807) is 36.4 Å². The molecule has 0 radical (unpaired) electrons. The molecule has 3 aromatic rings. The van der Waals surface area contributed by atoms with Gasteiger partial charge in [-0.05, 0) is 25.0 Å². The van der Waals surface area contributed by atoms with Gasteiger partial charge >= 0.3 is 0 Å². The number of nitrogens with zero attached hydrogens (tertiary/aromatic N) is 2. The summed E-state index contributed by atoms with van der Waals surface area (Å²) in [5.41, 5.74) is 3.50. The fourth-order valence-electron chi connectivity index (χ4n) is 3.31. The van der Waals surface area contributed by atoms with Crippen LogP contribution in [0.3, 0.4) is 0 Å². The van der Waals surface area contributed by atoms with Crippen LogP contribution in [0, 0.1) is 36.5 Å². The first-order valence-electron chi connectivity index (χ1n) is 9.56. The van der Waals surface area contributed by atoms with Crippen molar-refractivity contribution in [3.05, 3.63) is 106 Å². The van der Waals surface area contributed by atoms with Gasteiger partial charge in [0.1, 0.15) is 11.8 Å². The molecule has 30 heavy (non-hydrogen) atoms. The van der Waals surface area contributed by atoms with Gasteiger partial charge in [0.2, 0.25) is 0 Å². The van der Waals surface area contributed by atoms with E-state index in [1.165, 1.54) is 12.1 Å². The van der Waals surface area contributed by atoms with Crippen LogP contribution in [0.25, 0.3) is 0 Å². The molecule has 0 spiro atoms. The van der Waals surface area contributed by atoms with E-state index in [0.717, 1.165) is 11.1 Å². The van der Waals surface area contributed by atoms with Crippen LogP contribution >= 0.6 is 0 Å². The molecule has 0 saturated heterocycles. The first-order chi connectivity index (χ1) is 14.5. The second kappa shape index (κ2) is 8.99. The van der Waals surface area contributed by atoms with Crippen LogP contribution in [0.2, 0.25) is 0 Å². The maximum Gasteiger partial charge on any atom is 0.185 e. The smallest absolute Gasteiger partial charge is 0.185 e. The molecule has 4 heteroatoms. The number of hydrogen-bond donors (Lipinski definition) is 0. The van der Waals surface area contributed by atoms with Gasteiger partial charge in [0.15, 0.2) is 11.6 Å². The summed E-state index contributed by atoms with van der Waals surface area (Å²) in [6.07, 6.45) is 0. The predicted molar refractivity (Wildman–Crippen MR) is 114 cm³/mol. The Bertz CT molecular complexity index is 1070. The lowest BCUT2D eigenvalue weighted by Gasteiger charge is -2.15. The molecule has 4 nitrogen and oxygen atoms in total. The SMILES string of the molecule is Cc1ccc(C(C#N)C(=O)c2ccccc2C(=O)C(C#N)c2ccc(C)cc2)cc1. The minimum absolute atomic E-state index is 0.155. The monoisotopic (exact) mass is 392 g/mol. The number of Topliss-reactive ketones (excluding diaryl/α,β-unsaturated/α-hetero) is 2. The minimum atomic E-state index is -1.03. The third-order valence-electron chi connectivity index (χ3n) is 5.06. The van der Waals surface area contributed by atoms with Crippen molar-refractivity contribution < 1.29 is 9.59 Å². The highest BCUT2D eigenvalue weighted by Gasteiger charge is 2.29. The maximum atomic E-state index is 13.2. The Morgan fingerprint density at radius 1 is 0.633 bits per heavy atom. The molecule has 0 bridgehead atoms. The number of nitriles is 2. The van der Waals surface area contributed by atoms with Gasteiger partial charge in [0, 0.05) is 11.1 Å². The Balaban J connectivity index is 2.00. The fraction of sp³-hybridized carbons (Fsp3) is 0.154. The van der Waals surface area contributed by atoms with Gasteiger partial charge in [-0.3, -0.25) is 9.59 Å². The lowest BCUT2D eigenvalue weighted by atomic mass is 9.84. The first kappa shape index (κ1) is 20.7. The molecule has 0 aliphatic rings. The van der Waals surface area contributed by atoms with Crippen molar-refractivity contribution in [3.63, 3.8) is 0 Å². The number of carbonyl (C=O) groups excluding carboxylic acids is 2. The maximum absolute atomic E-state index is 13.2. The average molecular weight is 392 g/mol. The third kappa shape index (κ3) is 4.19. The molecular weight excluding hydrogens is 372 g/mol. The second-order valence-electron chi connectivity index (χ2n) is 7.22. The number of ketones is 2. The van der Waals surface area contributed by atoms with Gasteiger partial charge in [-0.1, -0.05) is 83.9 Å². The van der Waals surface area contributed by atoms with E-state index >= 15 is 0 Å². The molecule has 0 aliphatic carbocycles. The molecular formula is C26H20N2O2. The summed E-state index contributed by atoms with van der Waals surface area (Å²) in [6, 6.07) is 24.8. The van der Waals surface area contributed by atoms with Gasteiger partial charge in [-0.2, -0.15) is 10.5 Å². The summed E-state index contributed by atoms with van der Waals surface area (Å²) in [6.45, 7) is 3.85. The molecule has 0 amide bonds. The van der Waals surface area contributed by atoms with E-state index < -0.39 is 23.4 Å². The Hall–Kier alpha value is -4.02. The van der Waals surface area contributed by atoms with Crippen molar-refractivity contribution in [2.45, 2.75) is 25.7 Å². The largest absolute Gasteiger partial charge is 0.292 e. The summed E-state index contributed by atoms with van der Waals surface area (Å²) < 4.78 is 0. The number of carbonyl (C=O) groups is 2. The zero-order valence-corrected chi connectivity index (χ0v) is 16.8. The Labute approximate surface area is 176 Å². The third-order valence-corrected chi connectivity index (χ3v) is 5.06. The summed E-state index contributed by atoms with van der Waals surface area (Å²) in [4.78, 5) is 26.4. The molecule has 3 aromatic carbocycles. The van der Waals surface area contributed by atoms with Crippen molar-refractivity contribution in [3.8, 4) is 12.1 Å². The van der Waals surface area contributed by atoms with E-state index in [1.807, 2.05) is 38.1 Å². The molecule has 0 fully saturated rings. The fourth-order valence-corrected chi connectivity index (χ4v) is 3.31.